The summed E-state index contributed by atoms with van der Waals surface area (Å²) < 4.78 is 5.52. The van der Waals surface area contributed by atoms with Crippen LogP contribution in [0.1, 0.15) is 33.3 Å². The van der Waals surface area contributed by atoms with E-state index < -0.39 is 0 Å². The van der Waals surface area contributed by atoms with Crippen LogP contribution < -0.4 is 5.73 Å². The summed E-state index contributed by atoms with van der Waals surface area (Å²) in [6, 6.07) is 7.57. The monoisotopic (exact) mass is 264 g/mol. The molecule has 0 aliphatic heterocycles. The second-order valence-corrected chi connectivity index (χ2v) is 5.55. The number of ether oxygens (including phenoxy) is 1. The van der Waals surface area contributed by atoms with Gasteiger partial charge >= 0.3 is 0 Å². The Morgan fingerprint density at radius 3 is 2.32 bits per heavy atom. The zero-order chi connectivity index (χ0) is 14.5. The molecule has 1 rings (SSSR count). The predicted molar refractivity (Wildman–Crippen MR) is 77.7 cm³/mol. The number of carbonyl (C=O) groups excluding carboxylic acids is 1. The van der Waals surface area contributed by atoms with Gasteiger partial charge in [-0.1, -0.05) is 12.1 Å². The van der Waals surface area contributed by atoms with Crippen molar-refractivity contribution in [2.45, 2.75) is 39.8 Å². The fourth-order valence-electron chi connectivity index (χ4n) is 1.59. The molecule has 0 atom stereocenters. The van der Waals surface area contributed by atoms with Crippen molar-refractivity contribution < 1.29 is 9.53 Å². The molecule has 2 N–H and O–H groups in total. The first kappa shape index (κ1) is 15.5. The summed E-state index contributed by atoms with van der Waals surface area (Å²) in [6.07, 6.45) is 0. The van der Waals surface area contributed by atoms with E-state index >= 15 is 0 Å². The Hall–Kier alpha value is -1.55. The summed E-state index contributed by atoms with van der Waals surface area (Å²) in [4.78, 5) is 13.8. The number of amides is 1. The second kappa shape index (κ2) is 6.57. The zero-order valence-electron chi connectivity index (χ0n) is 12.3. The van der Waals surface area contributed by atoms with Crippen LogP contribution >= 0.6 is 0 Å². The van der Waals surface area contributed by atoms with Gasteiger partial charge in [-0.2, -0.15) is 0 Å². The molecule has 19 heavy (non-hydrogen) atoms. The van der Waals surface area contributed by atoms with Crippen molar-refractivity contribution in [3.8, 4) is 0 Å². The topological polar surface area (TPSA) is 55.6 Å². The largest absolute Gasteiger partial charge is 0.399 e. The number of hydrogen-bond acceptors (Lipinski definition) is 3. The van der Waals surface area contributed by atoms with Gasteiger partial charge in [0, 0.05) is 18.8 Å². The van der Waals surface area contributed by atoms with Gasteiger partial charge in [-0.3, -0.25) is 4.79 Å². The molecule has 0 heterocycles. The molecule has 0 saturated heterocycles. The third kappa shape index (κ3) is 5.75. The number of nitrogens with two attached hydrogens (primary N) is 1. The molecule has 0 bridgehead atoms. The molecule has 0 radical (unpaired) electrons. The van der Waals surface area contributed by atoms with E-state index in [0.29, 0.717) is 13.1 Å². The molecule has 0 fully saturated rings. The Kier molecular flexibility index (Phi) is 5.36. The van der Waals surface area contributed by atoms with Crippen molar-refractivity contribution in [2.75, 3.05) is 18.9 Å². The van der Waals surface area contributed by atoms with Gasteiger partial charge < -0.3 is 15.4 Å². The first-order chi connectivity index (χ1) is 8.81. The molecule has 0 aliphatic rings. The van der Waals surface area contributed by atoms with E-state index in [9.17, 15) is 4.79 Å². The summed E-state index contributed by atoms with van der Waals surface area (Å²) in [5, 5.41) is 0. The maximum absolute atomic E-state index is 12.1. The van der Waals surface area contributed by atoms with Crippen molar-refractivity contribution >= 4 is 11.6 Å². The minimum atomic E-state index is -0.295. The lowest BCUT2D eigenvalue weighted by Crippen LogP contribution is -2.36. The van der Waals surface area contributed by atoms with Gasteiger partial charge in [-0.25, -0.2) is 0 Å². The van der Waals surface area contributed by atoms with Crippen molar-refractivity contribution in [2.24, 2.45) is 0 Å². The highest BCUT2D eigenvalue weighted by Crippen LogP contribution is 2.10. The number of nitrogen functional groups attached to an aromatic ring is 1. The number of nitrogens with zero attached hydrogens (tertiary/aromatic N) is 1. The van der Waals surface area contributed by atoms with Crippen molar-refractivity contribution in [3.63, 3.8) is 0 Å². The standard InChI is InChI=1S/C15H24N2O2/c1-5-17(14(18)11-19-15(2,3)4)10-12-6-8-13(16)9-7-12/h6-9H,5,10-11,16H2,1-4H3. The fourth-order valence-corrected chi connectivity index (χ4v) is 1.59. The minimum Gasteiger partial charge on any atom is -0.399 e. The van der Waals surface area contributed by atoms with E-state index in [2.05, 4.69) is 0 Å². The number of rotatable bonds is 5. The smallest absolute Gasteiger partial charge is 0.248 e. The van der Waals surface area contributed by atoms with Gasteiger partial charge in [0.05, 0.1) is 5.60 Å². The Morgan fingerprint density at radius 2 is 1.84 bits per heavy atom. The Labute approximate surface area is 115 Å². The van der Waals surface area contributed by atoms with Crippen LogP contribution in [0.25, 0.3) is 0 Å². The second-order valence-electron chi connectivity index (χ2n) is 5.55. The molecule has 106 valence electrons. The number of carbonyl (C=O) groups is 1. The molecule has 4 nitrogen and oxygen atoms in total. The molecule has 0 unspecified atom stereocenters. The van der Waals surface area contributed by atoms with Gasteiger partial charge in [0.2, 0.25) is 5.91 Å². The van der Waals surface area contributed by atoms with Gasteiger partial charge in [-0.15, -0.1) is 0 Å². The van der Waals surface area contributed by atoms with Crippen LogP contribution in [0.5, 0.6) is 0 Å². The first-order valence-corrected chi connectivity index (χ1v) is 6.58. The van der Waals surface area contributed by atoms with Gasteiger partial charge in [0.15, 0.2) is 0 Å². The van der Waals surface area contributed by atoms with Crippen LogP contribution in [0.3, 0.4) is 0 Å². The summed E-state index contributed by atoms with van der Waals surface area (Å²) in [5.41, 5.74) is 7.15. The van der Waals surface area contributed by atoms with E-state index in [0.717, 1.165) is 11.3 Å². The van der Waals surface area contributed by atoms with Gasteiger partial charge in [-0.05, 0) is 45.4 Å². The highest BCUT2D eigenvalue weighted by molar-refractivity contribution is 5.77. The minimum absolute atomic E-state index is 0.00856. The summed E-state index contributed by atoms with van der Waals surface area (Å²) in [6.45, 7) is 9.15. The summed E-state index contributed by atoms with van der Waals surface area (Å²) in [5.74, 6) is 0.00856. The normalized spacial score (nSPS) is 11.4. The average Bonchev–Trinajstić information content (AvgIpc) is 2.34. The molecule has 0 spiro atoms. The van der Waals surface area contributed by atoms with Crippen LogP contribution in [-0.2, 0) is 16.1 Å². The molecular formula is C15H24N2O2. The molecule has 4 heteroatoms. The van der Waals surface area contributed by atoms with Crippen LogP contribution in [0, 0.1) is 0 Å². The predicted octanol–water partition coefficient (Wildman–Crippen LogP) is 2.43. The van der Waals surface area contributed by atoms with Crippen LogP contribution in [0.15, 0.2) is 24.3 Å². The highest BCUT2D eigenvalue weighted by atomic mass is 16.5. The quantitative estimate of drug-likeness (QED) is 0.831. The van der Waals surface area contributed by atoms with E-state index in [1.54, 1.807) is 4.90 Å². The fraction of sp³-hybridized carbons (Fsp3) is 0.533. The number of benzene rings is 1. The van der Waals surface area contributed by atoms with Gasteiger partial charge in [0.1, 0.15) is 6.61 Å². The van der Waals surface area contributed by atoms with Crippen molar-refractivity contribution in [1.82, 2.24) is 4.90 Å². The molecular weight excluding hydrogens is 240 g/mol. The zero-order valence-corrected chi connectivity index (χ0v) is 12.3. The lowest BCUT2D eigenvalue weighted by atomic mass is 10.2. The third-order valence-electron chi connectivity index (χ3n) is 2.72. The third-order valence-corrected chi connectivity index (χ3v) is 2.72. The maximum Gasteiger partial charge on any atom is 0.248 e. The molecule has 1 aromatic carbocycles. The SMILES string of the molecule is CCN(Cc1ccc(N)cc1)C(=O)COC(C)(C)C. The number of hydrogen-bond donors (Lipinski definition) is 1. The van der Waals surface area contributed by atoms with Crippen molar-refractivity contribution in [1.29, 1.82) is 0 Å². The number of anilines is 1. The maximum atomic E-state index is 12.1. The molecule has 1 amide bonds. The van der Waals surface area contributed by atoms with E-state index in [1.165, 1.54) is 0 Å². The molecule has 0 aromatic heterocycles. The number of likely N-dealkylation sites (N-methyl/N-ethyl adjacent to an activating group) is 1. The van der Waals surface area contributed by atoms with Crippen LogP contribution in [-0.4, -0.2) is 29.6 Å². The Bertz CT molecular complexity index is 407. The highest BCUT2D eigenvalue weighted by Gasteiger charge is 2.17. The lowest BCUT2D eigenvalue weighted by Gasteiger charge is -2.24. The first-order valence-electron chi connectivity index (χ1n) is 6.58. The lowest BCUT2D eigenvalue weighted by molar-refractivity contribution is -0.141. The average molecular weight is 264 g/mol. The Balaban J connectivity index is 2.57. The van der Waals surface area contributed by atoms with E-state index in [4.69, 9.17) is 10.5 Å². The van der Waals surface area contributed by atoms with E-state index in [1.807, 2.05) is 52.0 Å². The summed E-state index contributed by atoms with van der Waals surface area (Å²) >= 11 is 0. The molecule has 0 saturated carbocycles. The molecule has 0 aliphatic carbocycles. The molecule has 1 aromatic rings. The Morgan fingerprint density at radius 1 is 1.26 bits per heavy atom. The van der Waals surface area contributed by atoms with Crippen molar-refractivity contribution in [3.05, 3.63) is 29.8 Å². The van der Waals surface area contributed by atoms with Crippen LogP contribution in [0.2, 0.25) is 0 Å². The van der Waals surface area contributed by atoms with Crippen LogP contribution in [0.4, 0.5) is 5.69 Å². The van der Waals surface area contributed by atoms with Gasteiger partial charge in [0.25, 0.3) is 0 Å². The van der Waals surface area contributed by atoms with E-state index in [-0.39, 0.29) is 18.1 Å². The summed E-state index contributed by atoms with van der Waals surface area (Å²) in [7, 11) is 0.